The molecule has 0 amide bonds. The summed E-state index contributed by atoms with van der Waals surface area (Å²) in [6, 6.07) is 19.8. The first-order valence-corrected chi connectivity index (χ1v) is 6.40. The molecule has 0 spiro atoms. The van der Waals surface area contributed by atoms with E-state index in [1.54, 1.807) is 36.4 Å². The predicted octanol–water partition coefficient (Wildman–Crippen LogP) is 4.83. The zero-order valence-corrected chi connectivity index (χ0v) is 11.1. The molecule has 21 heavy (non-hydrogen) atoms. The molecular weight excluding hydrogens is 262 g/mol. The van der Waals surface area contributed by atoms with Crippen LogP contribution in [0.3, 0.4) is 0 Å². The number of aromatic hydroxyl groups is 1. The van der Waals surface area contributed by atoms with Crippen LogP contribution in [0, 0.1) is 11.3 Å². The van der Waals surface area contributed by atoms with Gasteiger partial charge in [-0.15, -0.1) is 5.11 Å². The van der Waals surface area contributed by atoms with E-state index in [1.165, 1.54) is 0 Å². The van der Waals surface area contributed by atoms with Crippen LogP contribution in [0.2, 0.25) is 0 Å². The van der Waals surface area contributed by atoms with E-state index in [4.69, 9.17) is 5.26 Å². The highest BCUT2D eigenvalue weighted by atomic mass is 16.3. The zero-order valence-electron chi connectivity index (χ0n) is 11.1. The van der Waals surface area contributed by atoms with E-state index in [9.17, 15) is 5.11 Å². The Morgan fingerprint density at radius 1 is 0.905 bits per heavy atom. The van der Waals surface area contributed by atoms with Crippen molar-refractivity contribution in [2.24, 2.45) is 10.2 Å². The summed E-state index contributed by atoms with van der Waals surface area (Å²) in [5, 5.41) is 28.7. The highest BCUT2D eigenvalue weighted by molar-refractivity contribution is 5.93. The van der Waals surface area contributed by atoms with Gasteiger partial charge in [-0.1, -0.05) is 24.3 Å². The quantitative estimate of drug-likeness (QED) is 0.679. The first kappa shape index (κ1) is 12.8. The summed E-state index contributed by atoms with van der Waals surface area (Å²) in [6.07, 6.45) is 0. The summed E-state index contributed by atoms with van der Waals surface area (Å²) in [7, 11) is 0. The molecule has 4 heteroatoms. The maximum atomic E-state index is 9.74. The maximum Gasteiger partial charge on any atom is 0.118 e. The van der Waals surface area contributed by atoms with Crippen LogP contribution >= 0.6 is 0 Å². The van der Waals surface area contributed by atoms with Crippen molar-refractivity contribution in [2.45, 2.75) is 0 Å². The first-order valence-electron chi connectivity index (χ1n) is 6.40. The monoisotopic (exact) mass is 273 g/mol. The average molecular weight is 273 g/mol. The second kappa shape index (κ2) is 5.43. The number of phenols is 1. The summed E-state index contributed by atoms with van der Waals surface area (Å²) in [4.78, 5) is 0. The summed E-state index contributed by atoms with van der Waals surface area (Å²) in [5.41, 5.74) is 1.84. The molecule has 0 saturated heterocycles. The fourth-order valence-electron chi connectivity index (χ4n) is 2.07. The topological polar surface area (TPSA) is 68.7 Å². The van der Waals surface area contributed by atoms with Crippen LogP contribution in [-0.4, -0.2) is 5.11 Å². The second-order valence-corrected chi connectivity index (χ2v) is 4.54. The van der Waals surface area contributed by atoms with Crippen molar-refractivity contribution in [1.82, 2.24) is 0 Å². The SMILES string of the molecule is N#Cc1ccc(N=Nc2cc(O)cc3ccccc23)cc1. The molecule has 3 aromatic carbocycles. The highest BCUT2D eigenvalue weighted by Crippen LogP contribution is 2.31. The Morgan fingerprint density at radius 3 is 2.43 bits per heavy atom. The van der Waals surface area contributed by atoms with E-state index < -0.39 is 0 Å². The number of nitriles is 1. The standard InChI is InChI=1S/C17H11N3O/c18-11-12-5-7-14(8-6-12)19-20-17-10-15(21)9-13-3-1-2-4-16(13)17/h1-10,21H. The summed E-state index contributed by atoms with van der Waals surface area (Å²) in [5.74, 6) is 0.155. The number of hydrogen-bond donors (Lipinski definition) is 1. The van der Waals surface area contributed by atoms with Gasteiger partial charge < -0.3 is 5.11 Å². The van der Waals surface area contributed by atoms with E-state index in [2.05, 4.69) is 16.3 Å². The van der Waals surface area contributed by atoms with Crippen LogP contribution in [0.4, 0.5) is 11.4 Å². The molecule has 0 heterocycles. The van der Waals surface area contributed by atoms with Gasteiger partial charge in [-0.25, -0.2) is 0 Å². The summed E-state index contributed by atoms with van der Waals surface area (Å²) in [6.45, 7) is 0. The normalized spacial score (nSPS) is 10.8. The predicted molar refractivity (Wildman–Crippen MR) is 80.9 cm³/mol. The molecule has 0 unspecified atom stereocenters. The number of fused-ring (bicyclic) bond motifs is 1. The Labute approximate surface area is 121 Å². The van der Waals surface area contributed by atoms with Gasteiger partial charge in [0.25, 0.3) is 0 Å². The lowest BCUT2D eigenvalue weighted by molar-refractivity contribution is 0.476. The molecule has 0 fully saturated rings. The van der Waals surface area contributed by atoms with Crippen LogP contribution in [0.25, 0.3) is 10.8 Å². The van der Waals surface area contributed by atoms with Crippen LogP contribution in [-0.2, 0) is 0 Å². The molecule has 4 nitrogen and oxygen atoms in total. The first-order chi connectivity index (χ1) is 10.3. The van der Waals surface area contributed by atoms with E-state index in [0.29, 0.717) is 16.9 Å². The third-order valence-electron chi connectivity index (χ3n) is 3.09. The lowest BCUT2D eigenvalue weighted by atomic mass is 10.1. The molecule has 0 bridgehead atoms. The molecule has 1 N–H and O–H groups in total. The van der Waals surface area contributed by atoms with Gasteiger partial charge in [0.15, 0.2) is 0 Å². The van der Waals surface area contributed by atoms with Crippen molar-refractivity contribution < 1.29 is 5.11 Å². The van der Waals surface area contributed by atoms with Gasteiger partial charge in [-0.05, 0) is 35.7 Å². The molecule has 0 aromatic heterocycles. The molecule has 100 valence electrons. The van der Waals surface area contributed by atoms with Crippen LogP contribution < -0.4 is 0 Å². The summed E-state index contributed by atoms with van der Waals surface area (Å²) < 4.78 is 0. The van der Waals surface area contributed by atoms with Crippen LogP contribution in [0.15, 0.2) is 70.9 Å². The molecule has 0 saturated carbocycles. The van der Waals surface area contributed by atoms with Gasteiger partial charge in [-0.2, -0.15) is 10.4 Å². The van der Waals surface area contributed by atoms with Gasteiger partial charge in [-0.3, -0.25) is 0 Å². The van der Waals surface area contributed by atoms with Gasteiger partial charge in [0.1, 0.15) is 5.75 Å². The van der Waals surface area contributed by atoms with Gasteiger partial charge in [0.2, 0.25) is 0 Å². The summed E-state index contributed by atoms with van der Waals surface area (Å²) >= 11 is 0. The Kier molecular flexibility index (Phi) is 3.32. The van der Waals surface area contributed by atoms with E-state index in [1.807, 2.05) is 24.3 Å². The van der Waals surface area contributed by atoms with Crippen molar-refractivity contribution in [2.75, 3.05) is 0 Å². The minimum atomic E-state index is 0.155. The molecule has 0 aliphatic heterocycles. The van der Waals surface area contributed by atoms with Crippen LogP contribution in [0.1, 0.15) is 5.56 Å². The number of benzene rings is 3. The maximum absolute atomic E-state index is 9.74. The average Bonchev–Trinajstić information content (AvgIpc) is 2.53. The Hall–Kier alpha value is -3.19. The lowest BCUT2D eigenvalue weighted by Gasteiger charge is -2.02. The highest BCUT2D eigenvalue weighted by Gasteiger charge is 2.02. The molecule has 0 atom stereocenters. The van der Waals surface area contributed by atoms with Gasteiger partial charge in [0.05, 0.1) is 23.0 Å². The van der Waals surface area contributed by atoms with Gasteiger partial charge in [0, 0.05) is 11.5 Å². The number of azo groups is 1. The Bertz CT molecular complexity index is 861. The third kappa shape index (κ3) is 2.72. The third-order valence-corrected chi connectivity index (χ3v) is 3.09. The van der Waals surface area contributed by atoms with E-state index in [0.717, 1.165) is 10.8 Å². The van der Waals surface area contributed by atoms with Gasteiger partial charge >= 0.3 is 0 Å². The molecule has 3 rings (SSSR count). The van der Waals surface area contributed by atoms with Crippen LogP contribution in [0.5, 0.6) is 5.75 Å². The minimum absolute atomic E-state index is 0.155. The van der Waals surface area contributed by atoms with Crippen molar-refractivity contribution in [3.63, 3.8) is 0 Å². The molecule has 0 aliphatic carbocycles. The largest absolute Gasteiger partial charge is 0.508 e. The van der Waals surface area contributed by atoms with Crippen molar-refractivity contribution in [3.05, 3.63) is 66.2 Å². The second-order valence-electron chi connectivity index (χ2n) is 4.54. The van der Waals surface area contributed by atoms with E-state index >= 15 is 0 Å². The minimum Gasteiger partial charge on any atom is -0.508 e. The molecule has 0 radical (unpaired) electrons. The number of rotatable bonds is 2. The Balaban J connectivity index is 2.00. The fraction of sp³-hybridized carbons (Fsp3) is 0. The molecular formula is C17H11N3O. The number of nitrogens with zero attached hydrogens (tertiary/aromatic N) is 3. The van der Waals surface area contributed by atoms with Crippen molar-refractivity contribution in [1.29, 1.82) is 5.26 Å². The molecule has 0 aliphatic rings. The number of phenolic OH excluding ortho intramolecular Hbond substituents is 1. The van der Waals surface area contributed by atoms with Crippen molar-refractivity contribution >= 4 is 22.1 Å². The lowest BCUT2D eigenvalue weighted by Crippen LogP contribution is -1.74. The van der Waals surface area contributed by atoms with E-state index in [-0.39, 0.29) is 5.75 Å². The molecule has 3 aromatic rings. The Morgan fingerprint density at radius 2 is 1.67 bits per heavy atom. The number of hydrogen-bond acceptors (Lipinski definition) is 4. The fourth-order valence-corrected chi connectivity index (χ4v) is 2.07. The zero-order chi connectivity index (χ0) is 14.7. The van der Waals surface area contributed by atoms with Crippen molar-refractivity contribution in [3.8, 4) is 11.8 Å². The smallest absolute Gasteiger partial charge is 0.118 e.